The van der Waals surface area contributed by atoms with Crippen LogP contribution in [0.15, 0.2) is 24.3 Å². The number of nitrogens with zero attached hydrogens (tertiary/aromatic N) is 1. The van der Waals surface area contributed by atoms with Gasteiger partial charge in [0.05, 0.1) is 10.6 Å². The van der Waals surface area contributed by atoms with Crippen molar-refractivity contribution < 1.29 is 19.4 Å². The second kappa shape index (κ2) is 4.36. The highest BCUT2D eigenvalue weighted by Gasteiger charge is 2.23. The van der Waals surface area contributed by atoms with Crippen LogP contribution < -0.4 is 10.1 Å². The Morgan fingerprint density at radius 1 is 1.37 bits per heavy atom. The van der Waals surface area contributed by atoms with Crippen LogP contribution in [0.25, 0.3) is 11.3 Å². The third kappa shape index (κ3) is 2.04. The molecule has 2 aromatic rings. The molecule has 0 fully saturated rings. The Kier molecular flexibility index (Phi) is 2.68. The third-order valence-electron chi connectivity index (χ3n) is 2.61. The average Bonchev–Trinajstić information content (AvgIpc) is 2.81. The van der Waals surface area contributed by atoms with Crippen molar-refractivity contribution in [1.82, 2.24) is 4.98 Å². The number of aromatic nitrogens is 1. The van der Waals surface area contributed by atoms with E-state index in [9.17, 15) is 9.59 Å². The zero-order valence-corrected chi connectivity index (χ0v) is 10.4. The number of carbonyl (C=O) groups excluding carboxylic acids is 1. The van der Waals surface area contributed by atoms with Gasteiger partial charge < -0.3 is 9.84 Å². The summed E-state index contributed by atoms with van der Waals surface area (Å²) in [7, 11) is 0. The van der Waals surface area contributed by atoms with E-state index >= 15 is 0 Å². The van der Waals surface area contributed by atoms with E-state index in [-0.39, 0.29) is 5.13 Å². The first kappa shape index (κ1) is 11.7. The van der Waals surface area contributed by atoms with Crippen LogP contribution >= 0.6 is 11.3 Å². The maximum Gasteiger partial charge on any atom is 0.394 e. The minimum absolute atomic E-state index is 0.262. The van der Waals surface area contributed by atoms with Crippen LogP contribution in [0.3, 0.4) is 0 Å². The molecule has 0 aliphatic carbocycles. The summed E-state index contributed by atoms with van der Waals surface area (Å²) in [4.78, 5) is 26.7. The maximum absolute atomic E-state index is 11.1. The number of hydrogen-bond donors (Lipinski definition) is 2. The quantitative estimate of drug-likeness (QED) is 0.774. The van der Waals surface area contributed by atoms with Gasteiger partial charge in [0.25, 0.3) is 0 Å². The van der Waals surface area contributed by atoms with E-state index in [0.29, 0.717) is 6.61 Å². The molecule has 2 heterocycles. The number of rotatable bonds is 1. The molecule has 0 atom stereocenters. The zero-order chi connectivity index (χ0) is 13.4. The summed E-state index contributed by atoms with van der Waals surface area (Å²) in [5.74, 6) is -1.90. The van der Waals surface area contributed by atoms with E-state index in [1.807, 2.05) is 24.3 Å². The summed E-state index contributed by atoms with van der Waals surface area (Å²) in [6.45, 7) is 0.368. The van der Waals surface area contributed by atoms with Crippen molar-refractivity contribution in [3.8, 4) is 17.0 Å². The van der Waals surface area contributed by atoms with Crippen molar-refractivity contribution in [2.75, 3.05) is 5.32 Å². The molecule has 0 saturated carbocycles. The molecule has 1 aromatic carbocycles. The average molecular weight is 276 g/mol. The minimum atomic E-state index is -1.54. The molecule has 7 heteroatoms. The molecular weight excluding hydrogens is 268 g/mol. The van der Waals surface area contributed by atoms with Gasteiger partial charge in [0.15, 0.2) is 5.13 Å². The highest BCUT2D eigenvalue weighted by Crippen LogP contribution is 2.40. The van der Waals surface area contributed by atoms with E-state index in [1.54, 1.807) is 0 Å². The Hall–Kier alpha value is -2.41. The lowest BCUT2D eigenvalue weighted by molar-refractivity contribution is -0.147. The summed E-state index contributed by atoms with van der Waals surface area (Å²) < 4.78 is 5.56. The minimum Gasteiger partial charge on any atom is -0.487 e. The van der Waals surface area contributed by atoms with Gasteiger partial charge >= 0.3 is 11.9 Å². The Bertz CT molecular complexity index is 680. The lowest BCUT2D eigenvalue weighted by atomic mass is 10.1. The number of hydrogen-bond acceptors (Lipinski definition) is 5. The van der Waals surface area contributed by atoms with E-state index < -0.39 is 11.9 Å². The third-order valence-corrected chi connectivity index (χ3v) is 3.56. The van der Waals surface area contributed by atoms with Gasteiger partial charge in [-0.05, 0) is 12.1 Å². The van der Waals surface area contributed by atoms with Crippen LogP contribution in [0.1, 0.15) is 4.88 Å². The van der Waals surface area contributed by atoms with Crippen LogP contribution in [-0.4, -0.2) is 22.0 Å². The fraction of sp³-hybridized carbons (Fsp3) is 0.0833. The van der Waals surface area contributed by atoms with Crippen molar-refractivity contribution in [3.63, 3.8) is 0 Å². The van der Waals surface area contributed by atoms with Gasteiger partial charge in [-0.15, -0.1) is 0 Å². The fourth-order valence-electron chi connectivity index (χ4n) is 1.80. The normalized spacial score (nSPS) is 12.0. The van der Waals surface area contributed by atoms with Crippen LogP contribution in [0, 0.1) is 0 Å². The number of carboxylic acid groups (broad SMARTS) is 1. The van der Waals surface area contributed by atoms with Gasteiger partial charge in [-0.2, -0.15) is 0 Å². The van der Waals surface area contributed by atoms with Crippen LogP contribution in [0.4, 0.5) is 5.13 Å². The Morgan fingerprint density at radius 3 is 2.95 bits per heavy atom. The van der Waals surface area contributed by atoms with E-state index in [0.717, 1.165) is 21.9 Å². The molecule has 1 aliphatic heterocycles. The molecule has 0 saturated heterocycles. The molecule has 1 amide bonds. The highest BCUT2D eigenvalue weighted by atomic mass is 32.1. The topological polar surface area (TPSA) is 88.5 Å². The number of para-hydroxylation sites is 1. The van der Waals surface area contributed by atoms with Crippen molar-refractivity contribution in [2.24, 2.45) is 0 Å². The van der Waals surface area contributed by atoms with Crippen molar-refractivity contribution in [3.05, 3.63) is 29.1 Å². The lowest BCUT2D eigenvalue weighted by Gasteiger charge is -2.15. The lowest BCUT2D eigenvalue weighted by Crippen LogP contribution is -2.21. The van der Waals surface area contributed by atoms with Crippen molar-refractivity contribution in [2.45, 2.75) is 6.61 Å². The molecule has 1 aliphatic rings. The maximum atomic E-state index is 11.1. The molecule has 1 aromatic heterocycles. The van der Waals surface area contributed by atoms with Crippen LogP contribution in [0.5, 0.6) is 5.75 Å². The first-order chi connectivity index (χ1) is 9.15. The fourth-order valence-corrected chi connectivity index (χ4v) is 2.68. The molecular formula is C12H8N2O4S. The predicted octanol–water partition coefficient (Wildman–Crippen LogP) is 1.73. The smallest absolute Gasteiger partial charge is 0.394 e. The molecule has 3 rings (SSSR count). The van der Waals surface area contributed by atoms with Gasteiger partial charge in [-0.3, -0.25) is 10.1 Å². The second-order valence-electron chi connectivity index (χ2n) is 3.83. The highest BCUT2D eigenvalue weighted by molar-refractivity contribution is 7.16. The second-order valence-corrected chi connectivity index (χ2v) is 4.92. The number of carboxylic acids is 1. The van der Waals surface area contributed by atoms with E-state index in [1.165, 1.54) is 11.3 Å². The summed E-state index contributed by atoms with van der Waals surface area (Å²) in [6, 6.07) is 7.44. The number of benzene rings is 1. The number of fused-ring (bicyclic) bond motifs is 3. The van der Waals surface area contributed by atoms with Crippen LogP contribution in [-0.2, 0) is 16.2 Å². The Morgan fingerprint density at radius 2 is 2.16 bits per heavy atom. The number of anilines is 1. The summed E-state index contributed by atoms with van der Waals surface area (Å²) in [6.07, 6.45) is 0. The van der Waals surface area contributed by atoms with E-state index in [2.05, 4.69) is 10.3 Å². The molecule has 0 spiro atoms. The largest absolute Gasteiger partial charge is 0.487 e. The monoisotopic (exact) mass is 276 g/mol. The van der Waals surface area contributed by atoms with Crippen LogP contribution in [0.2, 0.25) is 0 Å². The number of aliphatic carboxylic acids is 1. The molecule has 0 bridgehead atoms. The molecule has 96 valence electrons. The number of ether oxygens (including phenoxy) is 1. The summed E-state index contributed by atoms with van der Waals surface area (Å²) in [5.41, 5.74) is 1.57. The number of nitrogens with one attached hydrogen (secondary N) is 1. The molecule has 19 heavy (non-hydrogen) atoms. The van der Waals surface area contributed by atoms with Gasteiger partial charge in [-0.25, -0.2) is 9.78 Å². The molecule has 6 nitrogen and oxygen atoms in total. The molecule has 0 unspecified atom stereocenters. The Labute approximate surface area is 111 Å². The van der Waals surface area contributed by atoms with Gasteiger partial charge in [0.2, 0.25) is 0 Å². The van der Waals surface area contributed by atoms with Crippen molar-refractivity contribution >= 4 is 28.3 Å². The van der Waals surface area contributed by atoms with Gasteiger partial charge in [0, 0.05) is 5.56 Å². The Balaban J connectivity index is 1.97. The van der Waals surface area contributed by atoms with Gasteiger partial charge in [0.1, 0.15) is 12.4 Å². The SMILES string of the molecule is O=C(O)C(=O)Nc1nc2c(s1)COc1ccccc1-2. The summed E-state index contributed by atoms with van der Waals surface area (Å²) in [5, 5.41) is 11.0. The standard InChI is InChI=1S/C12H8N2O4S/c15-10(11(16)17)14-12-13-9-6-3-1-2-4-7(6)18-5-8(9)19-12/h1-4H,5H2,(H,16,17)(H,13,14,15). The first-order valence-corrected chi connectivity index (χ1v) is 6.23. The number of thiazole rings is 1. The first-order valence-electron chi connectivity index (χ1n) is 5.41. The van der Waals surface area contributed by atoms with E-state index in [4.69, 9.17) is 9.84 Å². The van der Waals surface area contributed by atoms with Crippen molar-refractivity contribution in [1.29, 1.82) is 0 Å². The van der Waals surface area contributed by atoms with Gasteiger partial charge in [-0.1, -0.05) is 23.5 Å². The number of carbonyl (C=O) groups is 2. The predicted molar refractivity (Wildman–Crippen MR) is 68.1 cm³/mol. The zero-order valence-electron chi connectivity index (χ0n) is 9.54. The molecule has 0 radical (unpaired) electrons. The number of amides is 1. The molecule has 2 N–H and O–H groups in total. The summed E-state index contributed by atoms with van der Waals surface area (Å²) >= 11 is 1.21.